The van der Waals surface area contributed by atoms with Crippen LogP contribution < -0.4 is 5.73 Å². The Bertz CT molecular complexity index is 436. The van der Waals surface area contributed by atoms with E-state index in [1.165, 1.54) is 16.7 Å². The molecule has 0 amide bonds. The van der Waals surface area contributed by atoms with Gasteiger partial charge in [-0.05, 0) is 44.6 Å². The number of carboxylic acid groups (broad SMARTS) is 1. The van der Waals surface area contributed by atoms with Crippen molar-refractivity contribution >= 4 is 5.97 Å². The molecule has 0 aliphatic carbocycles. The number of nitrogens with two attached hydrogens (primary N) is 1. The van der Waals surface area contributed by atoms with Crippen molar-refractivity contribution in [2.24, 2.45) is 17.6 Å². The van der Waals surface area contributed by atoms with Gasteiger partial charge in [0, 0.05) is 6.54 Å². The molecular weight excluding hydrogens is 262 g/mol. The summed E-state index contributed by atoms with van der Waals surface area (Å²) >= 11 is 0. The molecule has 0 saturated carbocycles. The smallest absolute Gasteiger partial charge is 0.307 e. The minimum atomic E-state index is -0.759. The van der Waals surface area contributed by atoms with E-state index in [-0.39, 0.29) is 6.54 Å². The van der Waals surface area contributed by atoms with Crippen LogP contribution in [0.2, 0.25) is 0 Å². The second kappa shape index (κ2) is 8.83. The van der Waals surface area contributed by atoms with Crippen molar-refractivity contribution in [2.45, 2.75) is 52.9 Å². The molecule has 118 valence electrons. The van der Waals surface area contributed by atoms with Gasteiger partial charge in [-0.1, -0.05) is 49.1 Å². The van der Waals surface area contributed by atoms with E-state index in [1.54, 1.807) is 0 Å². The predicted molar refractivity (Wildman–Crippen MR) is 87.4 cm³/mol. The van der Waals surface area contributed by atoms with Gasteiger partial charge in [-0.3, -0.25) is 4.79 Å². The molecule has 0 radical (unpaired) electrons. The average molecular weight is 291 g/mol. The zero-order valence-electron chi connectivity index (χ0n) is 13.6. The highest BCUT2D eigenvalue weighted by Gasteiger charge is 2.20. The van der Waals surface area contributed by atoms with Crippen LogP contribution >= 0.6 is 0 Å². The molecule has 0 saturated heterocycles. The molecule has 0 heterocycles. The summed E-state index contributed by atoms with van der Waals surface area (Å²) in [7, 11) is 0. The van der Waals surface area contributed by atoms with Gasteiger partial charge in [0.15, 0.2) is 0 Å². The Hall–Kier alpha value is -1.35. The molecule has 0 aromatic heterocycles. The zero-order chi connectivity index (χ0) is 15.8. The van der Waals surface area contributed by atoms with E-state index in [0.717, 1.165) is 25.7 Å². The van der Waals surface area contributed by atoms with E-state index in [4.69, 9.17) is 10.8 Å². The van der Waals surface area contributed by atoms with Crippen LogP contribution in [-0.2, 0) is 11.2 Å². The van der Waals surface area contributed by atoms with Gasteiger partial charge in [0.1, 0.15) is 0 Å². The van der Waals surface area contributed by atoms with Crippen molar-refractivity contribution in [1.82, 2.24) is 0 Å². The number of carbonyl (C=O) groups is 1. The summed E-state index contributed by atoms with van der Waals surface area (Å²) in [5.41, 5.74) is 9.56. The summed E-state index contributed by atoms with van der Waals surface area (Å²) in [6.07, 6.45) is 4.98. The molecule has 21 heavy (non-hydrogen) atoms. The minimum absolute atomic E-state index is 0.239. The summed E-state index contributed by atoms with van der Waals surface area (Å²) in [5.74, 6) is -0.693. The fourth-order valence-corrected chi connectivity index (χ4v) is 3.00. The van der Waals surface area contributed by atoms with Crippen LogP contribution in [-0.4, -0.2) is 17.6 Å². The molecule has 1 rings (SSSR count). The topological polar surface area (TPSA) is 63.3 Å². The Morgan fingerprint density at radius 3 is 2.33 bits per heavy atom. The van der Waals surface area contributed by atoms with Gasteiger partial charge in [-0.2, -0.15) is 0 Å². The van der Waals surface area contributed by atoms with E-state index in [2.05, 4.69) is 39.0 Å². The molecule has 0 fully saturated rings. The first-order chi connectivity index (χ1) is 9.96. The maximum atomic E-state index is 11.1. The van der Waals surface area contributed by atoms with Crippen LogP contribution in [0.1, 0.15) is 49.3 Å². The Labute approximate surface area is 128 Å². The minimum Gasteiger partial charge on any atom is -0.481 e. The maximum Gasteiger partial charge on any atom is 0.307 e. The lowest BCUT2D eigenvalue weighted by Crippen LogP contribution is -2.25. The molecule has 3 nitrogen and oxygen atoms in total. The first-order valence-electron chi connectivity index (χ1n) is 7.96. The van der Waals surface area contributed by atoms with Crippen molar-refractivity contribution < 1.29 is 9.90 Å². The highest BCUT2D eigenvalue weighted by molar-refractivity contribution is 5.70. The number of carboxylic acids is 1. The van der Waals surface area contributed by atoms with Crippen molar-refractivity contribution in [2.75, 3.05) is 6.54 Å². The van der Waals surface area contributed by atoms with Crippen LogP contribution in [0.25, 0.3) is 0 Å². The number of hydrogen-bond acceptors (Lipinski definition) is 2. The Kier molecular flexibility index (Phi) is 7.44. The fraction of sp³-hybridized carbons (Fsp3) is 0.611. The largest absolute Gasteiger partial charge is 0.481 e. The van der Waals surface area contributed by atoms with Gasteiger partial charge in [0.05, 0.1) is 5.92 Å². The summed E-state index contributed by atoms with van der Waals surface area (Å²) in [6.45, 7) is 6.63. The van der Waals surface area contributed by atoms with E-state index < -0.39 is 11.9 Å². The molecule has 2 atom stereocenters. The van der Waals surface area contributed by atoms with E-state index >= 15 is 0 Å². The molecule has 3 N–H and O–H groups in total. The van der Waals surface area contributed by atoms with Crippen LogP contribution in [0.5, 0.6) is 0 Å². The molecule has 0 spiro atoms. The highest BCUT2D eigenvalue weighted by Crippen LogP contribution is 2.22. The van der Waals surface area contributed by atoms with E-state index in [1.807, 2.05) is 0 Å². The second-order valence-corrected chi connectivity index (χ2v) is 6.17. The monoisotopic (exact) mass is 291 g/mol. The second-order valence-electron chi connectivity index (χ2n) is 6.17. The lowest BCUT2D eigenvalue weighted by atomic mass is 9.88. The van der Waals surface area contributed by atoms with Crippen LogP contribution in [0.15, 0.2) is 18.2 Å². The molecule has 3 heteroatoms. The zero-order valence-corrected chi connectivity index (χ0v) is 13.6. The third-order valence-electron chi connectivity index (χ3n) is 4.19. The van der Waals surface area contributed by atoms with Crippen molar-refractivity contribution in [3.63, 3.8) is 0 Å². The summed E-state index contributed by atoms with van der Waals surface area (Å²) in [4.78, 5) is 11.1. The number of aliphatic carboxylic acids is 1. The van der Waals surface area contributed by atoms with Gasteiger partial charge in [-0.15, -0.1) is 0 Å². The highest BCUT2D eigenvalue weighted by atomic mass is 16.4. The molecule has 0 bridgehead atoms. The predicted octanol–water partition coefficient (Wildman–Crippen LogP) is 3.70. The van der Waals surface area contributed by atoms with E-state index in [0.29, 0.717) is 12.3 Å². The lowest BCUT2D eigenvalue weighted by Gasteiger charge is -2.18. The number of aryl methyl sites for hydroxylation is 3. The molecular formula is C18H29NO2. The third kappa shape index (κ3) is 6.30. The molecule has 2 unspecified atom stereocenters. The van der Waals surface area contributed by atoms with Gasteiger partial charge >= 0.3 is 5.97 Å². The first-order valence-corrected chi connectivity index (χ1v) is 7.96. The number of benzene rings is 1. The number of rotatable bonds is 9. The van der Waals surface area contributed by atoms with Crippen LogP contribution in [0.3, 0.4) is 0 Å². The first kappa shape index (κ1) is 17.7. The quantitative estimate of drug-likeness (QED) is 0.729. The lowest BCUT2D eigenvalue weighted by molar-refractivity contribution is -0.142. The van der Waals surface area contributed by atoms with Crippen molar-refractivity contribution in [3.8, 4) is 0 Å². The van der Waals surface area contributed by atoms with Crippen LogP contribution in [0, 0.1) is 25.7 Å². The average Bonchev–Trinajstić information content (AvgIpc) is 2.41. The summed E-state index contributed by atoms with van der Waals surface area (Å²) in [5, 5.41) is 9.10. The summed E-state index contributed by atoms with van der Waals surface area (Å²) < 4.78 is 0. The Morgan fingerprint density at radius 2 is 1.86 bits per heavy atom. The Morgan fingerprint density at radius 1 is 1.24 bits per heavy atom. The van der Waals surface area contributed by atoms with Gasteiger partial charge in [0.25, 0.3) is 0 Å². The van der Waals surface area contributed by atoms with Gasteiger partial charge < -0.3 is 10.8 Å². The molecule has 0 aliphatic rings. The maximum absolute atomic E-state index is 11.1. The molecule has 1 aromatic carbocycles. The SMILES string of the molecule is CCC(CCCc1cc(C)cc(C)c1)CC(CN)C(=O)O. The van der Waals surface area contributed by atoms with Crippen molar-refractivity contribution in [1.29, 1.82) is 0 Å². The Balaban J connectivity index is 2.46. The van der Waals surface area contributed by atoms with Gasteiger partial charge in [0.2, 0.25) is 0 Å². The van der Waals surface area contributed by atoms with Gasteiger partial charge in [-0.25, -0.2) is 0 Å². The van der Waals surface area contributed by atoms with E-state index in [9.17, 15) is 4.79 Å². The normalized spacial score (nSPS) is 13.9. The van der Waals surface area contributed by atoms with Crippen molar-refractivity contribution in [3.05, 3.63) is 34.9 Å². The van der Waals surface area contributed by atoms with Crippen LogP contribution in [0.4, 0.5) is 0 Å². The molecule has 1 aromatic rings. The standard InChI is InChI=1S/C18H29NO2/c1-4-15(11-17(12-19)18(20)21)6-5-7-16-9-13(2)8-14(3)10-16/h8-10,15,17H,4-7,11-12,19H2,1-3H3,(H,20,21). The third-order valence-corrected chi connectivity index (χ3v) is 4.19. The number of hydrogen-bond donors (Lipinski definition) is 2. The summed E-state index contributed by atoms with van der Waals surface area (Å²) in [6, 6.07) is 6.68. The molecule has 0 aliphatic heterocycles. The fourth-order valence-electron chi connectivity index (χ4n) is 3.00.